The van der Waals surface area contributed by atoms with Crippen LogP contribution >= 0.6 is 11.3 Å². The normalized spacial score (nSPS) is 23.3. The fraction of sp³-hybridized carbons (Fsp3) is 0.429. The highest BCUT2D eigenvalue weighted by Gasteiger charge is 2.42. The van der Waals surface area contributed by atoms with Crippen molar-refractivity contribution in [2.45, 2.75) is 12.4 Å². The molecule has 8 nitrogen and oxygen atoms in total. The number of aromatic nitrogens is 2. The molecule has 104 valence electrons. The van der Waals surface area contributed by atoms with Gasteiger partial charge in [0.2, 0.25) is 16.0 Å². The molecule has 3 N–H and O–H groups in total. The molecule has 0 radical (unpaired) electrons. The van der Waals surface area contributed by atoms with Crippen LogP contribution in [-0.2, 0) is 20.6 Å². The Labute approximate surface area is 106 Å². The van der Waals surface area contributed by atoms with E-state index in [4.69, 9.17) is 0 Å². The number of alkyl halides is 3. The van der Waals surface area contributed by atoms with Gasteiger partial charge in [0.15, 0.2) is 12.1 Å². The molecule has 12 heteroatoms. The van der Waals surface area contributed by atoms with E-state index in [0.717, 1.165) is 0 Å². The van der Waals surface area contributed by atoms with Crippen molar-refractivity contribution in [2.24, 2.45) is 5.92 Å². The smallest absolute Gasteiger partial charge is 0.374 e. The molecule has 1 amide bonds. The second-order valence-corrected chi connectivity index (χ2v) is 4.34. The van der Waals surface area contributed by atoms with Gasteiger partial charge in [-0.3, -0.25) is 10.1 Å². The molecule has 1 aliphatic rings. The number of nitrogens with one attached hydrogen (secondary N) is 2. The van der Waals surface area contributed by atoms with E-state index in [0.29, 0.717) is 0 Å². The predicted octanol–water partition coefficient (Wildman–Crippen LogP) is -0.509. The van der Waals surface area contributed by atoms with Crippen LogP contribution in [0.3, 0.4) is 0 Å². The predicted molar refractivity (Wildman–Crippen MR) is 52.3 cm³/mol. The molecule has 2 heterocycles. The minimum atomic E-state index is -4.67. The number of aliphatic hydroxyl groups excluding tert-OH is 1. The summed E-state index contributed by atoms with van der Waals surface area (Å²) in [6.07, 6.45) is -6.25. The van der Waals surface area contributed by atoms with Crippen LogP contribution in [0.25, 0.3) is 0 Å². The van der Waals surface area contributed by atoms with E-state index < -0.39 is 40.3 Å². The molecule has 2 unspecified atom stereocenters. The molecule has 1 aromatic rings. The molecule has 1 aliphatic heterocycles. The van der Waals surface area contributed by atoms with Crippen molar-refractivity contribution < 1.29 is 32.7 Å². The lowest BCUT2D eigenvalue weighted by Crippen LogP contribution is -2.36. The fourth-order valence-electron chi connectivity index (χ4n) is 1.20. The van der Waals surface area contributed by atoms with Crippen LogP contribution in [0.15, 0.2) is 0 Å². The average Bonchev–Trinajstić information content (AvgIpc) is 2.85. The Morgan fingerprint density at radius 1 is 1.47 bits per heavy atom. The van der Waals surface area contributed by atoms with Gasteiger partial charge in [0.25, 0.3) is 0 Å². The molecular weight excluding hydrogens is 293 g/mol. The highest BCUT2D eigenvalue weighted by Crippen LogP contribution is 2.33. The van der Waals surface area contributed by atoms with E-state index in [9.17, 15) is 27.9 Å². The topological polar surface area (TPSA) is 113 Å². The van der Waals surface area contributed by atoms with Crippen molar-refractivity contribution in [1.82, 2.24) is 15.7 Å². The molecular formula is C7H5F3N4O4S. The molecule has 1 saturated heterocycles. The highest BCUT2D eigenvalue weighted by atomic mass is 32.1. The summed E-state index contributed by atoms with van der Waals surface area (Å²) in [5, 5.41) is 15.4. The number of hydrogen-bond acceptors (Lipinski definition) is 8. The molecule has 1 aromatic heterocycles. The summed E-state index contributed by atoms with van der Waals surface area (Å²) < 4.78 is 36.7. The molecule has 0 spiro atoms. The van der Waals surface area contributed by atoms with E-state index >= 15 is 0 Å². The number of aliphatic hydroxyl groups is 1. The molecule has 1 fully saturated rings. The van der Waals surface area contributed by atoms with Gasteiger partial charge in [-0.15, -0.1) is 15.7 Å². The first-order valence-corrected chi connectivity index (χ1v) is 5.46. The molecule has 2 rings (SSSR count). The summed E-state index contributed by atoms with van der Waals surface area (Å²) in [5.41, 5.74) is 1.85. The largest absolute Gasteiger partial charge is 0.445 e. The third-order valence-corrected chi connectivity index (χ3v) is 2.91. The van der Waals surface area contributed by atoms with Crippen molar-refractivity contribution in [1.29, 1.82) is 0 Å². The molecule has 0 aliphatic carbocycles. The first-order chi connectivity index (χ1) is 8.79. The maximum absolute atomic E-state index is 12.2. The number of carbonyl (C=O) groups is 2. The molecule has 0 saturated carbocycles. The van der Waals surface area contributed by atoms with Gasteiger partial charge >= 0.3 is 12.1 Å². The number of anilines is 1. The number of halogens is 3. The maximum atomic E-state index is 12.2. The lowest BCUT2D eigenvalue weighted by molar-refractivity contribution is -0.147. The standard InChI is InChI=1S/C7H5F3N4O4S/c8-7(9,10)5-12-13-6(19-5)11-2(15)1-3(16)14-18-4(1)17/h1,3,14,16H,(H,11,13,15). The average molecular weight is 298 g/mol. The third kappa shape index (κ3) is 2.80. The number of hydroxylamine groups is 1. The van der Waals surface area contributed by atoms with E-state index in [1.54, 1.807) is 0 Å². The van der Waals surface area contributed by atoms with Crippen molar-refractivity contribution in [3.63, 3.8) is 0 Å². The zero-order valence-electron chi connectivity index (χ0n) is 8.76. The lowest BCUT2D eigenvalue weighted by atomic mass is 10.1. The van der Waals surface area contributed by atoms with E-state index in [1.807, 2.05) is 10.8 Å². The van der Waals surface area contributed by atoms with E-state index in [2.05, 4.69) is 15.0 Å². The van der Waals surface area contributed by atoms with Crippen molar-refractivity contribution in [2.75, 3.05) is 5.32 Å². The van der Waals surface area contributed by atoms with E-state index in [-0.39, 0.29) is 11.3 Å². The highest BCUT2D eigenvalue weighted by molar-refractivity contribution is 7.15. The van der Waals surface area contributed by atoms with Crippen molar-refractivity contribution in [3.8, 4) is 0 Å². The van der Waals surface area contributed by atoms with Gasteiger partial charge in [-0.2, -0.15) is 13.2 Å². The van der Waals surface area contributed by atoms with Gasteiger partial charge in [0.05, 0.1) is 0 Å². The Bertz CT molecular complexity index is 519. The van der Waals surface area contributed by atoms with Crippen LogP contribution in [0.1, 0.15) is 5.01 Å². The second-order valence-electron chi connectivity index (χ2n) is 3.36. The molecule has 2 atom stereocenters. The number of hydrogen-bond donors (Lipinski definition) is 3. The van der Waals surface area contributed by atoms with Crippen LogP contribution in [0, 0.1) is 5.92 Å². The monoisotopic (exact) mass is 298 g/mol. The van der Waals surface area contributed by atoms with Gasteiger partial charge < -0.3 is 9.94 Å². The lowest BCUT2D eigenvalue weighted by Gasteiger charge is -2.07. The summed E-state index contributed by atoms with van der Waals surface area (Å²) in [5.74, 6) is -3.68. The number of amides is 1. The van der Waals surface area contributed by atoms with Gasteiger partial charge in [-0.25, -0.2) is 4.79 Å². The van der Waals surface area contributed by atoms with Gasteiger partial charge in [0, 0.05) is 0 Å². The first-order valence-electron chi connectivity index (χ1n) is 4.65. The van der Waals surface area contributed by atoms with Crippen molar-refractivity contribution >= 4 is 28.3 Å². The molecule has 0 aromatic carbocycles. The summed E-state index contributed by atoms with van der Waals surface area (Å²) >= 11 is 0.0961. The quantitative estimate of drug-likeness (QED) is 0.630. The Morgan fingerprint density at radius 3 is 2.63 bits per heavy atom. The summed E-state index contributed by atoms with van der Waals surface area (Å²) in [7, 11) is 0. The summed E-state index contributed by atoms with van der Waals surface area (Å²) in [4.78, 5) is 26.8. The third-order valence-electron chi connectivity index (χ3n) is 2.03. The fourth-order valence-corrected chi connectivity index (χ4v) is 1.81. The van der Waals surface area contributed by atoms with Crippen LogP contribution in [-0.4, -0.2) is 33.4 Å². The minimum Gasteiger partial charge on any atom is -0.374 e. The van der Waals surface area contributed by atoms with Crippen molar-refractivity contribution in [3.05, 3.63) is 5.01 Å². The Kier molecular flexibility index (Phi) is 3.38. The molecule has 19 heavy (non-hydrogen) atoms. The first kappa shape index (κ1) is 13.6. The number of nitrogens with zero attached hydrogens (tertiary/aromatic N) is 2. The van der Waals surface area contributed by atoms with Gasteiger partial charge in [0.1, 0.15) is 0 Å². The van der Waals surface area contributed by atoms with E-state index in [1.165, 1.54) is 0 Å². The second kappa shape index (κ2) is 4.71. The Balaban J connectivity index is 2.07. The number of carbonyl (C=O) groups excluding carboxylic acids is 2. The Morgan fingerprint density at radius 2 is 2.16 bits per heavy atom. The van der Waals surface area contributed by atoms with Crippen LogP contribution in [0.4, 0.5) is 18.3 Å². The number of rotatable bonds is 2. The zero-order chi connectivity index (χ0) is 14.2. The molecule has 0 bridgehead atoms. The van der Waals surface area contributed by atoms with Crippen LogP contribution in [0.5, 0.6) is 0 Å². The maximum Gasteiger partial charge on any atom is 0.445 e. The van der Waals surface area contributed by atoms with Crippen LogP contribution in [0.2, 0.25) is 0 Å². The minimum absolute atomic E-state index is 0.0961. The SMILES string of the molecule is O=C(Nc1nnc(C(F)(F)F)s1)C1C(=O)ONC1O. The summed E-state index contributed by atoms with van der Waals surface area (Å²) in [6.45, 7) is 0. The van der Waals surface area contributed by atoms with Gasteiger partial charge in [-0.1, -0.05) is 11.3 Å². The zero-order valence-corrected chi connectivity index (χ0v) is 9.58. The Hall–Kier alpha value is -1.79. The van der Waals surface area contributed by atoms with Gasteiger partial charge in [-0.05, 0) is 0 Å². The summed E-state index contributed by atoms with van der Waals surface area (Å²) in [6, 6.07) is 0. The van der Waals surface area contributed by atoms with Crippen LogP contribution < -0.4 is 10.8 Å².